The van der Waals surface area contributed by atoms with Gasteiger partial charge in [-0.25, -0.2) is 9.97 Å². The Morgan fingerprint density at radius 1 is 1.05 bits per heavy atom. The van der Waals surface area contributed by atoms with Gasteiger partial charge in [-0.05, 0) is 73.9 Å². The number of anilines is 1. The van der Waals surface area contributed by atoms with Gasteiger partial charge >= 0.3 is 5.97 Å². The zero-order valence-electron chi connectivity index (χ0n) is 22.4. The van der Waals surface area contributed by atoms with Gasteiger partial charge in [-0.3, -0.25) is 30.1 Å². The molecule has 0 atom stereocenters. The van der Waals surface area contributed by atoms with E-state index in [0.29, 0.717) is 42.8 Å². The van der Waals surface area contributed by atoms with Gasteiger partial charge in [0.05, 0.1) is 17.4 Å². The second-order valence-corrected chi connectivity index (χ2v) is 10.8. The molecule has 3 aliphatic carbocycles. The molecule has 41 heavy (non-hydrogen) atoms. The number of nitrogens with two attached hydrogens (primary N) is 1. The van der Waals surface area contributed by atoms with Gasteiger partial charge < -0.3 is 26.2 Å². The van der Waals surface area contributed by atoms with Crippen LogP contribution in [0.1, 0.15) is 70.9 Å². The number of nitrogens with zero attached hydrogens (tertiary/aromatic N) is 3. The maximum Gasteiger partial charge on any atom is 0.309 e. The van der Waals surface area contributed by atoms with Crippen molar-refractivity contribution in [3.05, 3.63) is 53.2 Å². The fourth-order valence-electron chi connectivity index (χ4n) is 5.83. The third kappa shape index (κ3) is 5.47. The van der Waals surface area contributed by atoms with Crippen LogP contribution in [0.3, 0.4) is 0 Å². The van der Waals surface area contributed by atoms with Gasteiger partial charge in [0.15, 0.2) is 5.82 Å². The first-order chi connectivity index (χ1) is 19.7. The van der Waals surface area contributed by atoms with E-state index in [9.17, 15) is 19.5 Å². The number of carbonyl (C=O) groups excluding carboxylic acids is 2. The van der Waals surface area contributed by atoms with E-state index >= 15 is 0 Å². The Kier molecular flexibility index (Phi) is 7.43. The molecular formula is C28H32N8O5. The third-order valence-corrected chi connectivity index (χ3v) is 8.45. The van der Waals surface area contributed by atoms with Crippen LogP contribution in [0.4, 0.5) is 5.69 Å². The highest BCUT2D eigenvalue weighted by atomic mass is 16.5. The summed E-state index contributed by atoms with van der Waals surface area (Å²) in [6.45, 7) is 0.592. The highest BCUT2D eigenvalue weighted by Gasteiger charge is 2.52. The van der Waals surface area contributed by atoms with Crippen LogP contribution in [0.25, 0.3) is 6.08 Å². The number of fused-ring (bicyclic) bond motifs is 4. The van der Waals surface area contributed by atoms with Crippen LogP contribution < -0.4 is 26.0 Å². The number of carboxylic acids is 1. The number of carboxylic acid groups (broad SMARTS) is 1. The molecule has 1 aliphatic heterocycles. The molecule has 3 saturated carbocycles. The minimum Gasteiger partial charge on any atom is -0.483 e. The number of carbonyl (C=O) groups is 3. The lowest BCUT2D eigenvalue weighted by Crippen LogP contribution is -2.50. The molecule has 0 saturated heterocycles. The fourth-order valence-corrected chi connectivity index (χ4v) is 5.83. The summed E-state index contributed by atoms with van der Waals surface area (Å²) < 4.78 is 5.53. The van der Waals surface area contributed by atoms with E-state index < -0.39 is 23.2 Å². The van der Waals surface area contributed by atoms with E-state index in [1.807, 2.05) is 0 Å². The Balaban J connectivity index is 1.26. The van der Waals surface area contributed by atoms with Gasteiger partial charge in [-0.15, -0.1) is 0 Å². The van der Waals surface area contributed by atoms with Gasteiger partial charge in [0.25, 0.3) is 11.8 Å². The second-order valence-electron chi connectivity index (χ2n) is 10.8. The number of aliphatic carboxylic acids is 1. The Hall–Kier alpha value is -4.81. The number of aromatic nitrogens is 2. The molecule has 2 aromatic rings. The third-order valence-electron chi connectivity index (χ3n) is 8.45. The summed E-state index contributed by atoms with van der Waals surface area (Å²) in [4.78, 5) is 47.8. The smallest absolute Gasteiger partial charge is 0.309 e. The minimum absolute atomic E-state index is 0.0119. The van der Waals surface area contributed by atoms with Crippen LogP contribution in [-0.2, 0) is 11.3 Å². The van der Waals surface area contributed by atoms with E-state index in [4.69, 9.17) is 21.3 Å². The molecule has 4 aliphatic rings. The summed E-state index contributed by atoms with van der Waals surface area (Å²) in [6, 6.07) is 6.54. The number of benzene rings is 1. The average molecular weight is 561 g/mol. The molecule has 1 aromatic heterocycles. The molecule has 13 heteroatoms. The Morgan fingerprint density at radius 3 is 2.32 bits per heavy atom. The van der Waals surface area contributed by atoms with Crippen molar-refractivity contribution in [2.75, 3.05) is 18.1 Å². The van der Waals surface area contributed by atoms with E-state index in [2.05, 4.69) is 20.6 Å². The maximum atomic E-state index is 13.1. The summed E-state index contributed by atoms with van der Waals surface area (Å²) in [5, 5.41) is 30.9. The minimum atomic E-state index is -0.725. The topological polar surface area (TPSA) is 207 Å². The Bertz CT molecular complexity index is 1430. The Labute approximate surface area is 236 Å². The zero-order chi connectivity index (χ0) is 29.2. The number of amidine groups is 1. The van der Waals surface area contributed by atoms with Crippen LogP contribution in [0.2, 0.25) is 0 Å². The molecule has 2 amide bonds. The molecule has 7 N–H and O–H groups in total. The second kappa shape index (κ2) is 11.0. The van der Waals surface area contributed by atoms with Crippen molar-refractivity contribution in [2.24, 2.45) is 16.6 Å². The highest BCUT2D eigenvalue weighted by Crippen LogP contribution is 2.56. The van der Waals surface area contributed by atoms with Crippen molar-refractivity contribution in [3.63, 3.8) is 0 Å². The SMILES string of the molecule is N=CN1C(=N)COc2ccc(CNC(=O)c3cc(C(=O)NCC45CCC(C(=O)O)(CC4)CC5)nc(/C=C\N)n3)cc21. The number of ether oxygens (including phenoxy) is 1. The normalized spacial score (nSPS) is 23.0. The van der Waals surface area contributed by atoms with E-state index in [0.717, 1.165) is 25.6 Å². The van der Waals surface area contributed by atoms with Gasteiger partial charge in [0, 0.05) is 19.2 Å². The lowest BCUT2D eigenvalue weighted by Gasteiger charge is -2.51. The van der Waals surface area contributed by atoms with Crippen molar-refractivity contribution in [1.82, 2.24) is 20.6 Å². The molecule has 214 valence electrons. The summed E-state index contributed by atoms with van der Waals surface area (Å²) in [5.74, 6) is -0.936. The molecule has 2 heterocycles. The standard InChI is InChI=1S/C28H32N8O5/c29-10-3-23-34-18(24(37)32-13-17-1-2-21-20(11-17)36(16-30)22(31)14-41-21)12-19(35-23)25(38)33-15-27-4-7-28(8-5-27,9-6-27)26(39)40/h1-3,10-12,16,30-31H,4-9,13-15,29H2,(H,32,37)(H,33,38)(H,39,40)/b10-3-,30-16?,31-22?. The molecule has 0 unspecified atom stereocenters. The molecule has 3 fully saturated rings. The lowest BCUT2D eigenvalue weighted by molar-refractivity contribution is -0.158. The van der Waals surface area contributed by atoms with Crippen molar-refractivity contribution in [2.45, 2.75) is 45.1 Å². The molecule has 0 spiro atoms. The van der Waals surface area contributed by atoms with Gasteiger partial charge in [0.2, 0.25) is 0 Å². The molecule has 1 aromatic carbocycles. The lowest BCUT2D eigenvalue weighted by atomic mass is 9.53. The largest absolute Gasteiger partial charge is 0.483 e. The number of hydrogen-bond donors (Lipinski definition) is 6. The monoisotopic (exact) mass is 560 g/mol. The first-order valence-electron chi connectivity index (χ1n) is 13.4. The molecule has 13 nitrogen and oxygen atoms in total. The zero-order valence-corrected chi connectivity index (χ0v) is 22.4. The van der Waals surface area contributed by atoms with Crippen LogP contribution in [0.5, 0.6) is 5.75 Å². The summed E-state index contributed by atoms with van der Waals surface area (Å²) in [5.41, 5.74) is 6.01. The van der Waals surface area contributed by atoms with Gasteiger partial charge in [0.1, 0.15) is 29.6 Å². The summed E-state index contributed by atoms with van der Waals surface area (Å²) >= 11 is 0. The number of amides is 2. The quantitative estimate of drug-likeness (QED) is 0.196. The number of rotatable bonds is 9. The fraction of sp³-hybridized carbons (Fsp3) is 0.393. The highest BCUT2D eigenvalue weighted by molar-refractivity contribution is 6.12. The predicted octanol–water partition coefficient (Wildman–Crippen LogP) is 2.27. The van der Waals surface area contributed by atoms with E-state index in [-0.39, 0.29) is 41.6 Å². The van der Waals surface area contributed by atoms with Crippen LogP contribution >= 0.6 is 0 Å². The van der Waals surface area contributed by atoms with E-state index in [1.54, 1.807) is 18.2 Å². The number of nitrogens with one attached hydrogen (secondary N) is 4. The maximum absolute atomic E-state index is 13.1. The van der Waals surface area contributed by atoms with Crippen LogP contribution in [-0.4, -0.2) is 58.2 Å². The van der Waals surface area contributed by atoms with E-state index in [1.165, 1.54) is 23.2 Å². The summed E-state index contributed by atoms with van der Waals surface area (Å²) in [6.07, 6.45) is 7.71. The van der Waals surface area contributed by atoms with Crippen molar-refractivity contribution < 1.29 is 24.2 Å². The average Bonchev–Trinajstić information content (AvgIpc) is 2.99. The van der Waals surface area contributed by atoms with Crippen LogP contribution in [0.15, 0.2) is 30.5 Å². The molecule has 2 bridgehead atoms. The summed E-state index contributed by atoms with van der Waals surface area (Å²) in [7, 11) is 0. The van der Waals surface area contributed by atoms with Gasteiger partial charge in [-0.1, -0.05) is 6.07 Å². The molecule has 0 radical (unpaired) electrons. The predicted molar refractivity (Wildman–Crippen MR) is 150 cm³/mol. The van der Waals surface area contributed by atoms with Crippen molar-refractivity contribution in [3.8, 4) is 5.75 Å². The number of hydrogen-bond acceptors (Lipinski definition) is 9. The molecule has 6 rings (SSSR count). The van der Waals surface area contributed by atoms with Crippen LogP contribution in [0, 0.1) is 21.6 Å². The first kappa shape index (κ1) is 27.7. The molecular weight excluding hydrogens is 528 g/mol. The van der Waals surface area contributed by atoms with Crippen molar-refractivity contribution >= 4 is 41.7 Å². The van der Waals surface area contributed by atoms with Gasteiger partial charge in [-0.2, -0.15) is 0 Å². The first-order valence-corrected chi connectivity index (χ1v) is 13.4. The Morgan fingerprint density at radius 2 is 1.71 bits per heavy atom. The van der Waals surface area contributed by atoms with Crippen molar-refractivity contribution in [1.29, 1.82) is 10.8 Å².